The highest BCUT2D eigenvalue weighted by atomic mass is 19.1. The molecule has 0 aliphatic heterocycles. The predicted molar refractivity (Wildman–Crippen MR) is 78.5 cm³/mol. The van der Waals surface area contributed by atoms with Crippen molar-refractivity contribution >= 4 is 0 Å². The summed E-state index contributed by atoms with van der Waals surface area (Å²) in [5.74, 6) is 0.786. The number of hydrogen-bond acceptors (Lipinski definition) is 1. The van der Waals surface area contributed by atoms with E-state index in [2.05, 4.69) is 12.2 Å². The molecule has 1 aromatic carbocycles. The molecule has 0 bridgehead atoms. The standard InChI is InChI=1S/C17H26FN/c1-2-16(12-14-8-4-3-5-9-14)19-13-15-10-6-7-11-17(15)18/h6-7,10-11,14,16,19H,2-5,8-9,12-13H2,1H3. The van der Waals surface area contributed by atoms with Crippen molar-refractivity contribution in [3.05, 3.63) is 35.6 Å². The third-order valence-corrected chi connectivity index (χ3v) is 4.37. The predicted octanol–water partition coefficient (Wildman–Crippen LogP) is 4.66. The Kier molecular flexibility index (Phi) is 5.84. The van der Waals surface area contributed by atoms with Crippen LogP contribution in [-0.2, 0) is 6.54 Å². The highest BCUT2D eigenvalue weighted by molar-refractivity contribution is 5.17. The van der Waals surface area contributed by atoms with Crippen molar-refractivity contribution in [3.8, 4) is 0 Å². The van der Waals surface area contributed by atoms with Gasteiger partial charge in [-0.2, -0.15) is 0 Å². The van der Waals surface area contributed by atoms with Crippen LogP contribution in [0.25, 0.3) is 0 Å². The fourth-order valence-electron chi connectivity index (χ4n) is 3.12. The van der Waals surface area contributed by atoms with Crippen LogP contribution in [0.5, 0.6) is 0 Å². The van der Waals surface area contributed by atoms with Crippen molar-refractivity contribution < 1.29 is 4.39 Å². The summed E-state index contributed by atoms with van der Waals surface area (Å²) in [5, 5.41) is 3.53. The normalized spacial score (nSPS) is 18.4. The van der Waals surface area contributed by atoms with Crippen molar-refractivity contribution in [2.24, 2.45) is 5.92 Å². The Morgan fingerprint density at radius 2 is 1.95 bits per heavy atom. The monoisotopic (exact) mass is 263 g/mol. The first-order chi connectivity index (χ1) is 9.29. The quantitative estimate of drug-likeness (QED) is 0.786. The zero-order chi connectivity index (χ0) is 13.5. The first kappa shape index (κ1) is 14.5. The molecule has 0 aromatic heterocycles. The number of rotatable bonds is 6. The van der Waals surface area contributed by atoms with Gasteiger partial charge in [0.1, 0.15) is 5.82 Å². The Morgan fingerprint density at radius 3 is 2.63 bits per heavy atom. The van der Waals surface area contributed by atoms with Crippen molar-refractivity contribution in [2.45, 2.75) is 64.5 Å². The summed E-state index contributed by atoms with van der Waals surface area (Å²) < 4.78 is 13.6. The first-order valence-corrected chi connectivity index (χ1v) is 7.76. The van der Waals surface area contributed by atoms with Crippen LogP contribution in [0.3, 0.4) is 0 Å². The van der Waals surface area contributed by atoms with Gasteiger partial charge in [0.25, 0.3) is 0 Å². The Bertz CT molecular complexity index is 371. The van der Waals surface area contributed by atoms with E-state index in [-0.39, 0.29) is 5.82 Å². The largest absolute Gasteiger partial charge is 0.310 e. The van der Waals surface area contributed by atoms with Crippen LogP contribution in [0.1, 0.15) is 57.4 Å². The molecule has 1 aromatic rings. The zero-order valence-corrected chi connectivity index (χ0v) is 12.0. The Labute approximate surface area is 116 Å². The van der Waals surface area contributed by atoms with E-state index in [0.29, 0.717) is 12.6 Å². The highest BCUT2D eigenvalue weighted by Gasteiger charge is 2.17. The molecule has 1 saturated carbocycles. The average molecular weight is 263 g/mol. The second-order valence-corrected chi connectivity index (χ2v) is 5.82. The van der Waals surface area contributed by atoms with Gasteiger partial charge in [-0.25, -0.2) is 4.39 Å². The molecule has 0 spiro atoms. The lowest BCUT2D eigenvalue weighted by Gasteiger charge is -2.26. The molecule has 1 N–H and O–H groups in total. The SMILES string of the molecule is CCC(CC1CCCCC1)NCc1ccccc1F. The van der Waals surface area contributed by atoms with E-state index in [1.165, 1.54) is 38.5 Å². The minimum absolute atomic E-state index is 0.0949. The van der Waals surface area contributed by atoms with Crippen LogP contribution >= 0.6 is 0 Å². The number of nitrogens with one attached hydrogen (secondary N) is 1. The van der Waals surface area contributed by atoms with Crippen molar-refractivity contribution in [2.75, 3.05) is 0 Å². The fourth-order valence-corrected chi connectivity index (χ4v) is 3.12. The Hall–Kier alpha value is -0.890. The van der Waals surface area contributed by atoms with Crippen molar-refractivity contribution in [3.63, 3.8) is 0 Å². The minimum Gasteiger partial charge on any atom is -0.310 e. The van der Waals surface area contributed by atoms with E-state index in [4.69, 9.17) is 0 Å². The maximum atomic E-state index is 13.6. The van der Waals surface area contributed by atoms with Crippen molar-refractivity contribution in [1.82, 2.24) is 5.32 Å². The maximum absolute atomic E-state index is 13.6. The van der Waals surface area contributed by atoms with Crippen LogP contribution in [0.4, 0.5) is 4.39 Å². The lowest BCUT2D eigenvalue weighted by molar-refractivity contribution is 0.293. The summed E-state index contributed by atoms with van der Waals surface area (Å²) >= 11 is 0. The van der Waals surface area contributed by atoms with Gasteiger partial charge in [-0.3, -0.25) is 0 Å². The van der Waals surface area contributed by atoms with Gasteiger partial charge < -0.3 is 5.32 Å². The summed E-state index contributed by atoms with van der Waals surface area (Å²) in [6.07, 6.45) is 9.37. The third kappa shape index (κ3) is 4.61. The summed E-state index contributed by atoms with van der Waals surface area (Å²) in [6, 6.07) is 7.59. The molecule has 1 unspecified atom stereocenters. The molecule has 1 aliphatic rings. The lowest BCUT2D eigenvalue weighted by Crippen LogP contribution is -2.31. The van der Waals surface area contributed by atoms with Crippen LogP contribution in [-0.4, -0.2) is 6.04 Å². The van der Waals surface area contributed by atoms with Crippen LogP contribution < -0.4 is 5.32 Å². The molecule has 0 radical (unpaired) electrons. The molecule has 0 amide bonds. The van der Waals surface area contributed by atoms with Crippen molar-refractivity contribution in [1.29, 1.82) is 0 Å². The molecule has 106 valence electrons. The van der Waals surface area contributed by atoms with Gasteiger partial charge in [-0.15, -0.1) is 0 Å². The molecular weight excluding hydrogens is 237 g/mol. The Morgan fingerprint density at radius 1 is 1.21 bits per heavy atom. The van der Waals surface area contributed by atoms with Gasteiger partial charge >= 0.3 is 0 Å². The van der Waals surface area contributed by atoms with E-state index >= 15 is 0 Å². The summed E-state index contributed by atoms with van der Waals surface area (Å²) in [7, 11) is 0. The van der Waals surface area contributed by atoms with E-state index in [1.54, 1.807) is 12.1 Å². The third-order valence-electron chi connectivity index (χ3n) is 4.37. The van der Waals surface area contributed by atoms with E-state index < -0.39 is 0 Å². The fraction of sp³-hybridized carbons (Fsp3) is 0.647. The maximum Gasteiger partial charge on any atom is 0.127 e. The number of benzene rings is 1. The zero-order valence-electron chi connectivity index (χ0n) is 12.0. The molecule has 1 fully saturated rings. The lowest BCUT2D eigenvalue weighted by atomic mass is 9.84. The Balaban J connectivity index is 1.80. The second-order valence-electron chi connectivity index (χ2n) is 5.82. The van der Waals surface area contributed by atoms with Gasteiger partial charge in [-0.1, -0.05) is 57.2 Å². The van der Waals surface area contributed by atoms with Crippen LogP contribution in [0.15, 0.2) is 24.3 Å². The number of hydrogen-bond donors (Lipinski definition) is 1. The van der Waals surface area contributed by atoms with Gasteiger partial charge in [0.15, 0.2) is 0 Å². The molecule has 1 atom stereocenters. The first-order valence-electron chi connectivity index (χ1n) is 7.76. The highest BCUT2D eigenvalue weighted by Crippen LogP contribution is 2.28. The molecule has 19 heavy (non-hydrogen) atoms. The topological polar surface area (TPSA) is 12.0 Å². The van der Waals surface area contributed by atoms with Crippen LogP contribution in [0, 0.1) is 11.7 Å². The van der Waals surface area contributed by atoms with Crippen LogP contribution in [0.2, 0.25) is 0 Å². The molecule has 2 heteroatoms. The van der Waals surface area contributed by atoms with Gasteiger partial charge in [0, 0.05) is 18.2 Å². The van der Waals surface area contributed by atoms with Gasteiger partial charge in [0.2, 0.25) is 0 Å². The van der Waals surface area contributed by atoms with E-state index in [9.17, 15) is 4.39 Å². The molecular formula is C17H26FN. The molecule has 0 heterocycles. The summed E-state index contributed by atoms with van der Waals surface area (Å²) in [5.41, 5.74) is 0.782. The summed E-state index contributed by atoms with van der Waals surface area (Å²) in [6.45, 7) is 2.87. The smallest absolute Gasteiger partial charge is 0.127 e. The second kappa shape index (κ2) is 7.64. The molecule has 1 nitrogen and oxygen atoms in total. The number of halogens is 1. The van der Waals surface area contributed by atoms with Gasteiger partial charge in [-0.05, 0) is 24.8 Å². The molecule has 0 saturated heterocycles. The van der Waals surface area contributed by atoms with Gasteiger partial charge in [0.05, 0.1) is 0 Å². The molecule has 2 rings (SSSR count). The average Bonchev–Trinajstić information content (AvgIpc) is 2.46. The van der Waals surface area contributed by atoms with E-state index in [1.807, 2.05) is 12.1 Å². The van der Waals surface area contributed by atoms with E-state index in [0.717, 1.165) is 17.9 Å². The summed E-state index contributed by atoms with van der Waals surface area (Å²) in [4.78, 5) is 0. The minimum atomic E-state index is -0.0949. The molecule has 1 aliphatic carbocycles.